The van der Waals surface area contributed by atoms with E-state index in [1.165, 1.54) is 0 Å². The van der Waals surface area contributed by atoms with E-state index in [-0.39, 0.29) is 53.1 Å². The topological polar surface area (TPSA) is 105 Å². The van der Waals surface area contributed by atoms with Gasteiger partial charge in [-0.25, -0.2) is 0 Å². The van der Waals surface area contributed by atoms with E-state index in [0.717, 1.165) is 0 Å². The monoisotopic (exact) mass is 363 g/mol. The fraction of sp³-hybridized carbons (Fsp3) is 0.667. The number of hydrogen-bond donors (Lipinski definition) is 2. The van der Waals surface area contributed by atoms with E-state index in [1.54, 1.807) is 18.9 Å². The average molecular weight is 363 g/mol. The molecule has 0 spiro atoms. The van der Waals surface area contributed by atoms with Crippen molar-refractivity contribution in [3.8, 4) is 0 Å². The van der Waals surface area contributed by atoms with Crippen LogP contribution in [0.2, 0.25) is 0 Å². The lowest BCUT2D eigenvalue weighted by Gasteiger charge is -2.43. The van der Waals surface area contributed by atoms with E-state index in [1.807, 2.05) is 20.9 Å². The van der Waals surface area contributed by atoms with E-state index in [9.17, 15) is 14.7 Å². The molecular weight excluding hydrogens is 338 g/mol. The number of aliphatic hydroxyl groups excluding tert-OH is 1. The maximum atomic E-state index is 13.1. The van der Waals surface area contributed by atoms with Gasteiger partial charge in [0.1, 0.15) is 6.23 Å². The lowest BCUT2D eigenvalue weighted by molar-refractivity contribution is -0.197. The summed E-state index contributed by atoms with van der Waals surface area (Å²) in [6.45, 7) is 5.09. The number of nitrogens with two attached hydrogens (primary N) is 1. The molecule has 8 heteroatoms. The van der Waals surface area contributed by atoms with Gasteiger partial charge in [-0.2, -0.15) is 0 Å². The minimum Gasteiger partial charge on any atom is -0.396 e. The third-order valence-electron chi connectivity index (χ3n) is 6.20. The molecule has 0 saturated carbocycles. The van der Waals surface area contributed by atoms with Crippen LogP contribution in [0.3, 0.4) is 0 Å². The highest BCUT2D eigenvalue weighted by atomic mass is 16.6. The predicted molar refractivity (Wildman–Crippen MR) is 91.4 cm³/mol. The number of methoxy groups -OCH3 is 1. The number of rotatable bonds is 4. The Balaban J connectivity index is 1.92. The number of ether oxygens (including phenoxy) is 2. The zero-order chi connectivity index (χ0) is 19.1. The van der Waals surface area contributed by atoms with Crippen LogP contribution in [0.15, 0.2) is 22.5 Å². The van der Waals surface area contributed by atoms with Crippen molar-refractivity contribution >= 4 is 11.6 Å². The predicted octanol–water partition coefficient (Wildman–Crippen LogP) is -0.661. The van der Waals surface area contributed by atoms with Gasteiger partial charge in [-0.1, -0.05) is 0 Å². The van der Waals surface area contributed by atoms with Gasteiger partial charge in [0.25, 0.3) is 0 Å². The highest BCUT2D eigenvalue weighted by molar-refractivity contribution is 6.25. The number of aliphatic hydroxyl groups is 1. The number of allylic oxidation sites excluding steroid dienone is 2. The van der Waals surface area contributed by atoms with Gasteiger partial charge >= 0.3 is 0 Å². The van der Waals surface area contributed by atoms with Crippen molar-refractivity contribution in [3.05, 3.63) is 22.5 Å². The number of carbonyl (C=O) groups excluding carboxylic acids is 2. The van der Waals surface area contributed by atoms with Gasteiger partial charge in [-0.15, -0.1) is 0 Å². The van der Waals surface area contributed by atoms with E-state index < -0.39 is 23.7 Å². The van der Waals surface area contributed by atoms with Crippen LogP contribution in [0.4, 0.5) is 0 Å². The highest BCUT2D eigenvalue weighted by Crippen LogP contribution is 2.61. The van der Waals surface area contributed by atoms with Crippen molar-refractivity contribution in [2.24, 2.45) is 11.7 Å². The second-order valence-corrected chi connectivity index (χ2v) is 7.70. The molecule has 0 radical (unpaired) electrons. The van der Waals surface area contributed by atoms with Gasteiger partial charge in [0, 0.05) is 18.3 Å². The number of fused-ring (bicyclic) bond motifs is 4. The van der Waals surface area contributed by atoms with Gasteiger partial charge in [0.15, 0.2) is 5.72 Å². The summed E-state index contributed by atoms with van der Waals surface area (Å²) >= 11 is 0. The van der Waals surface area contributed by atoms with E-state index in [4.69, 9.17) is 15.2 Å². The molecule has 2 saturated heterocycles. The molecule has 8 nitrogen and oxygen atoms in total. The molecule has 0 aromatic heterocycles. The summed E-state index contributed by atoms with van der Waals surface area (Å²) in [7, 11) is 3.51. The molecule has 1 aliphatic carbocycles. The molecule has 26 heavy (non-hydrogen) atoms. The molecule has 4 aliphatic rings. The fourth-order valence-electron chi connectivity index (χ4n) is 5.04. The molecule has 4 rings (SSSR count). The lowest BCUT2D eigenvalue weighted by atomic mass is 9.82. The maximum Gasteiger partial charge on any atom is 0.207 e. The van der Waals surface area contributed by atoms with Crippen LogP contribution in [0.25, 0.3) is 0 Å². The average Bonchev–Trinajstić information content (AvgIpc) is 3.04. The first-order valence-corrected chi connectivity index (χ1v) is 8.86. The number of nitrogens with zero attached hydrogens (tertiary/aromatic N) is 2. The summed E-state index contributed by atoms with van der Waals surface area (Å²) in [5.74, 6) is -1.36. The molecule has 3 N–H and O–H groups in total. The number of carbonyl (C=O) groups is 2. The van der Waals surface area contributed by atoms with Gasteiger partial charge in [0.05, 0.1) is 42.1 Å². The van der Waals surface area contributed by atoms with Crippen LogP contribution in [-0.4, -0.2) is 77.4 Å². The molecule has 1 unspecified atom stereocenters. The standard InChI is InChI=1S/C18H25N3O5/c1-7(2)26-17-13-16(20(13)4)18(25-5)9(6-22)10-12(21(17)18)14(23)8(3)11(19)15(10)24/h7,9,13,16-17,22H,6,19H2,1-5H3/t9-,13-,16+,17+,18-,20?/m1/s1. The summed E-state index contributed by atoms with van der Waals surface area (Å²) in [6.07, 6.45) is -0.508. The van der Waals surface area contributed by atoms with Crippen LogP contribution in [-0.2, 0) is 19.1 Å². The highest BCUT2D eigenvalue weighted by Gasteiger charge is 2.79. The molecule has 0 bridgehead atoms. The Morgan fingerprint density at radius 2 is 1.96 bits per heavy atom. The maximum absolute atomic E-state index is 13.1. The normalized spacial score (nSPS) is 41.2. The second-order valence-electron chi connectivity index (χ2n) is 7.70. The van der Waals surface area contributed by atoms with E-state index >= 15 is 0 Å². The zero-order valence-electron chi connectivity index (χ0n) is 15.6. The second kappa shape index (κ2) is 5.39. The van der Waals surface area contributed by atoms with Gasteiger partial charge in [-0.3, -0.25) is 14.5 Å². The Hall–Kier alpha value is -1.74. The third kappa shape index (κ3) is 1.78. The smallest absolute Gasteiger partial charge is 0.207 e. The Labute approximate surface area is 152 Å². The molecule has 142 valence electrons. The molecule has 0 amide bonds. The minimum atomic E-state index is -1.02. The molecule has 0 aromatic carbocycles. The van der Waals surface area contributed by atoms with Crippen molar-refractivity contribution < 1.29 is 24.2 Å². The Bertz CT molecular complexity index is 773. The molecule has 2 fully saturated rings. The first-order valence-electron chi connectivity index (χ1n) is 8.86. The van der Waals surface area contributed by atoms with E-state index in [2.05, 4.69) is 4.90 Å². The number of likely N-dealkylation sites (N-methyl/N-ethyl adjacent to an activating group) is 1. The molecule has 3 heterocycles. The molecule has 6 atom stereocenters. The minimum absolute atomic E-state index is 0.0342. The first-order chi connectivity index (χ1) is 12.2. The largest absolute Gasteiger partial charge is 0.396 e. The SMILES string of the molecule is CO[C@@]12[C@H](CO)C3=C(C(=O)C(C)=C(N)C3=O)N1[C@@H](OC(C)C)[C@H]1[C@@H]2N1C. The molecular formula is C18H25N3O5. The van der Waals surface area contributed by atoms with Crippen molar-refractivity contribution in [2.45, 2.75) is 50.9 Å². The van der Waals surface area contributed by atoms with Crippen LogP contribution in [0, 0.1) is 5.92 Å². The quantitative estimate of drug-likeness (QED) is 0.501. The molecule has 3 aliphatic heterocycles. The number of hydrogen-bond acceptors (Lipinski definition) is 8. The third-order valence-corrected chi connectivity index (χ3v) is 6.20. The number of ketones is 2. The lowest BCUT2D eigenvalue weighted by Crippen LogP contribution is -2.58. The fourth-order valence-corrected chi connectivity index (χ4v) is 5.04. The van der Waals surface area contributed by atoms with Crippen LogP contribution < -0.4 is 5.73 Å². The Kier molecular flexibility index (Phi) is 3.66. The Morgan fingerprint density at radius 3 is 2.50 bits per heavy atom. The number of Topliss-reactive ketones (excluding diaryl/α,β-unsaturated/α-hetero) is 2. The zero-order valence-corrected chi connectivity index (χ0v) is 15.6. The summed E-state index contributed by atoms with van der Waals surface area (Å²) in [5.41, 5.74) is 5.58. The van der Waals surface area contributed by atoms with Crippen LogP contribution in [0.1, 0.15) is 20.8 Å². The first kappa shape index (κ1) is 17.7. The number of piperazine rings is 1. The van der Waals surface area contributed by atoms with Gasteiger partial charge in [0.2, 0.25) is 11.6 Å². The van der Waals surface area contributed by atoms with Crippen LogP contribution in [0.5, 0.6) is 0 Å². The Morgan fingerprint density at radius 1 is 1.31 bits per heavy atom. The summed E-state index contributed by atoms with van der Waals surface area (Å²) in [4.78, 5) is 29.9. The van der Waals surface area contributed by atoms with Crippen molar-refractivity contribution in [1.82, 2.24) is 9.80 Å². The van der Waals surface area contributed by atoms with Gasteiger partial charge in [-0.05, 0) is 27.8 Å². The summed E-state index contributed by atoms with van der Waals surface area (Å²) in [5, 5.41) is 10.2. The summed E-state index contributed by atoms with van der Waals surface area (Å²) in [6, 6.07) is -0.0481. The summed E-state index contributed by atoms with van der Waals surface area (Å²) < 4.78 is 12.1. The van der Waals surface area contributed by atoms with Gasteiger partial charge < -0.3 is 25.2 Å². The van der Waals surface area contributed by atoms with E-state index in [0.29, 0.717) is 0 Å². The van der Waals surface area contributed by atoms with Crippen molar-refractivity contribution in [3.63, 3.8) is 0 Å². The molecule has 0 aromatic rings. The van der Waals surface area contributed by atoms with Crippen molar-refractivity contribution in [2.75, 3.05) is 20.8 Å². The van der Waals surface area contributed by atoms with Crippen LogP contribution >= 0.6 is 0 Å². The van der Waals surface area contributed by atoms with Crippen molar-refractivity contribution in [1.29, 1.82) is 0 Å².